The summed E-state index contributed by atoms with van der Waals surface area (Å²) in [5.74, 6) is -0.700. The molecule has 112 valence electrons. The number of ether oxygens (including phenoxy) is 3. The van der Waals surface area contributed by atoms with Crippen molar-refractivity contribution >= 4 is 11.9 Å². The van der Waals surface area contributed by atoms with E-state index >= 15 is 0 Å². The van der Waals surface area contributed by atoms with Gasteiger partial charge in [0.15, 0.2) is 6.10 Å². The second kappa shape index (κ2) is 12.0. The number of hydrogen-bond acceptors (Lipinski definition) is 5. The van der Waals surface area contributed by atoms with Crippen LogP contribution in [0.4, 0.5) is 0 Å². The third-order valence-electron chi connectivity index (χ3n) is 2.66. The lowest BCUT2D eigenvalue weighted by molar-refractivity contribution is -0.156. The molecule has 0 rings (SSSR count). The van der Waals surface area contributed by atoms with Gasteiger partial charge in [0, 0.05) is 13.5 Å². The molecule has 0 aliphatic rings. The molecule has 1 unspecified atom stereocenters. The summed E-state index contributed by atoms with van der Waals surface area (Å²) in [5.41, 5.74) is 0. The third-order valence-corrected chi connectivity index (χ3v) is 2.66. The quantitative estimate of drug-likeness (QED) is 0.428. The predicted octanol–water partition coefficient (Wildman–Crippen LogP) is 2.47. The van der Waals surface area contributed by atoms with Crippen molar-refractivity contribution in [3.8, 4) is 0 Å². The van der Waals surface area contributed by atoms with Crippen molar-refractivity contribution in [2.24, 2.45) is 0 Å². The smallest absolute Gasteiger partial charge is 0.335 e. The summed E-state index contributed by atoms with van der Waals surface area (Å²) < 4.78 is 15.1. The van der Waals surface area contributed by atoms with Gasteiger partial charge in [0.05, 0.1) is 13.2 Å². The van der Waals surface area contributed by atoms with Gasteiger partial charge in [-0.1, -0.05) is 26.7 Å². The Kier molecular flexibility index (Phi) is 11.3. The fraction of sp³-hybridized carbons (Fsp3) is 0.857. The first kappa shape index (κ1) is 17.9. The zero-order valence-corrected chi connectivity index (χ0v) is 12.3. The molecule has 0 aromatic rings. The largest absolute Gasteiger partial charge is 0.466 e. The van der Waals surface area contributed by atoms with Crippen molar-refractivity contribution in [3.05, 3.63) is 0 Å². The SMILES string of the molecule is CCCCOC(=O)CCC(OC)C(=O)OCCCC. The molecular weight excluding hydrogens is 248 g/mol. The van der Waals surface area contributed by atoms with E-state index in [1.807, 2.05) is 13.8 Å². The molecule has 0 amide bonds. The van der Waals surface area contributed by atoms with Gasteiger partial charge in [0.25, 0.3) is 0 Å². The van der Waals surface area contributed by atoms with Crippen molar-refractivity contribution in [3.63, 3.8) is 0 Å². The highest BCUT2D eigenvalue weighted by molar-refractivity contribution is 5.76. The molecule has 0 aliphatic carbocycles. The van der Waals surface area contributed by atoms with Crippen LogP contribution in [0.15, 0.2) is 0 Å². The maximum atomic E-state index is 11.6. The molecule has 0 aromatic carbocycles. The van der Waals surface area contributed by atoms with Crippen molar-refractivity contribution in [1.29, 1.82) is 0 Å². The van der Waals surface area contributed by atoms with Crippen LogP contribution in [0, 0.1) is 0 Å². The van der Waals surface area contributed by atoms with E-state index in [0.717, 1.165) is 25.7 Å². The minimum Gasteiger partial charge on any atom is -0.466 e. The molecule has 0 heterocycles. The van der Waals surface area contributed by atoms with E-state index in [1.54, 1.807) is 0 Å². The van der Waals surface area contributed by atoms with Gasteiger partial charge < -0.3 is 14.2 Å². The monoisotopic (exact) mass is 274 g/mol. The highest BCUT2D eigenvalue weighted by Gasteiger charge is 2.20. The highest BCUT2D eigenvalue weighted by Crippen LogP contribution is 2.06. The molecule has 0 N–H and O–H groups in total. The van der Waals surface area contributed by atoms with Gasteiger partial charge in [-0.2, -0.15) is 0 Å². The van der Waals surface area contributed by atoms with Crippen molar-refractivity contribution in [2.75, 3.05) is 20.3 Å². The molecule has 19 heavy (non-hydrogen) atoms. The summed E-state index contributed by atoms with van der Waals surface area (Å²) in [6.45, 7) is 4.89. The first-order chi connectivity index (χ1) is 9.15. The van der Waals surface area contributed by atoms with Gasteiger partial charge in [-0.15, -0.1) is 0 Å². The Morgan fingerprint density at radius 2 is 1.58 bits per heavy atom. The van der Waals surface area contributed by atoms with Gasteiger partial charge in [-0.25, -0.2) is 4.79 Å². The minimum absolute atomic E-state index is 0.172. The molecular formula is C14H26O5. The lowest BCUT2D eigenvalue weighted by Gasteiger charge is -2.14. The van der Waals surface area contributed by atoms with Gasteiger partial charge >= 0.3 is 11.9 Å². The van der Waals surface area contributed by atoms with Crippen LogP contribution in [0.25, 0.3) is 0 Å². The Hall–Kier alpha value is -1.10. The van der Waals surface area contributed by atoms with E-state index in [2.05, 4.69) is 0 Å². The predicted molar refractivity (Wildman–Crippen MR) is 71.8 cm³/mol. The van der Waals surface area contributed by atoms with Crippen molar-refractivity contribution in [2.45, 2.75) is 58.5 Å². The van der Waals surface area contributed by atoms with Crippen molar-refractivity contribution in [1.82, 2.24) is 0 Å². The Balaban J connectivity index is 3.84. The van der Waals surface area contributed by atoms with Crippen LogP contribution >= 0.6 is 0 Å². The molecule has 0 aromatic heterocycles. The number of carbonyl (C=O) groups excluding carboxylic acids is 2. The molecule has 0 fully saturated rings. The molecule has 1 atom stereocenters. The van der Waals surface area contributed by atoms with E-state index in [1.165, 1.54) is 7.11 Å². The number of carbonyl (C=O) groups is 2. The zero-order chi connectivity index (χ0) is 14.5. The van der Waals surface area contributed by atoms with Crippen LogP contribution in [0.1, 0.15) is 52.4 Å². The first-order valence-corrected chi connectivity index (χ1v) is 7.00. The molecule has 5 nitrogen and oxygen atoms in total. The minimum atomic E-state index is -0.685. The second-order valence-electron chi connectivity index (χ2n) is 4.36. The molecule has 0 radical (unpaired) electrons. The Morgan fingerprint density at radius 3 is 2.11 bits per heavy atom. The van der Waals surface area contributed by atoms with Crippen LogP contribution in [0.3, 0.4) is 0 Å². The van der Waals surface area contributed by atoms with E-state index in [9.17, 15) is 9.59 Å². The van der Waals surface area contributed by atoms with Gasteiger partial charge in [-0.3, -0.25) is 4.79 Å². The molecule has 0 bridgehead atoms. The molecule has 0 spiro atoms. The van der Waals surface area contributed by atoms with E-state index in [4.69, 9.17) is 14.2 Å². The molecule has 0 saturated heterocycles. The Bertz CT molecular complexity index is 252. The summed E-state index contributed by atoms with van der Waals surface area (Å²) in [6.07, 6.45) is 3.43. The van der Waals surface area contributed by atoms with E-state index < -0.39 is 12.1 Å². The molecule has 0 aliphatic heterocycles. The van der Waals surface area contributed by atoms with Crippen LogP contribution in [-0.4, -0.2) is 38.4 Å². The van der Waals surface area contributed by atoms with Crippen LogP contribution in [0.5, 0.6) is 0 Å². The average molecular weight is 274 g/mol. The summed E-state index contributed by atoms with van der Waals surface area (Å²) in [4.78, 5) is 23.0. The number of methoxy groups -OCH3 is 1. The van der Waals surface area contributed by atoms with Gasteiger partial charge in [-0.05, 0) is 19.3 Å². The fourth-order valence-corrected chi connectivity index (χ4v) is 1.39. The third kappa shape index (κ3) is 9.47. The number of rotatable bonds is 11. The molecule has 0 saturated carbocycles. The number of hydrogen-bond donors (Lipinski definition) is 0. The summed E-state index contributed by atoms with van der Waals surface area (Å²) in [5, 5.41) is 0. The lowest BCUT2D eigenvalue weighted by Crippen LogP contribution is -2.27. The van der Waals surface area contributed by atoms with Crippen LogP contribution in [-0.2, 0) is 23.8 Å². The van der Waals surface area contributed by atoms with Crippen molar-refractivity contribution < 1.29 is 23.8 Å². The highest BCUT2D eigenvalue weighted by atomic mass is 16.6. The van der Waals surface area contributed by atoms with Crippen LogP contribution in [0.2, 0.25) is 0 Å². The van der Waals surface area contributed by atoms with Gasteiger partial charge in [0.2, 0.25) is 0 Å². The summed E-state index contributed by atoms with van der Waals surface area (Å²) in [7, 11) is 1.44. The lowest BCUT2D eigenvalue weighted by atomic mass is 10.2. The Morgan fingerprint density at radius 1 is 1.00 bits per heavy atom. The van der Waals surface area contributed by atoms with E-state index in [0.29, 0.717) is 19.6 Å². The average Bonchev–Trinajstić information content (AvgIpc) is 2.40. The van der Waals surface area contributed by atoms with E-state index in [-0.39, 0.29) is 12.4 Å². The normalized spacial score (nSPS) is 11.9. The first-order valence-electron chi connectivity index (χ1n) is 7.00. The zero-order valence-electron chi connectivity index (χ0n) is 12.3. The topological polar surface area (TPSA) is 61.8 Å². The maximum Gasteiger partial charge on any atom is 0.335 e. The molecule has 5 heteroatoms. The van der Waals surface area contributed by atoms with Gasteiger partial charge in [0.1, 0.15) is 0 Å². The summed E-state index contributed by atoms with van der Waals surface area (Å²) >= 11 is 0. The number of esters is 2. The fourth-order valence-electron chi connectivity index (χ4n) is 1.39. The number of unbranched alkanes of at least 4 members (excludes halogenated alkanes) is 2. The Labute approximate surface area is 115 Å². The second-order valence-corrected chi connectivity index (χ2v) is 4.36. The summed E-state index contributed by atoms with van der Waals surface area (Å²) in [6, 6.07) is 0. The maximum absolute atomic E-state index is 11.6. The standard InChI is InChI=1S/C14H26O5/c1-4-6-10-18-13(15)9-8-12(17-3)14(16)19-11-7-5-2/h12H,4-11H2,1-3H3. The van der Waals surface area contributed by atoms with Crippen LogP contribution < -0.4 is 0 Å².